The van der Waals surface area contributed by atoms with Crippen LogP contribution in [0.1, 0.15) is 12.0 Å². The van der Waals surface area contributed by atoms with E-state index in [2.05, 4.69) is 10.0 Å². The summed E-state index contributed by atoms with van der Waals surface area (Å²) in [5, 5.41) is 23.2. The number of hydrogen-bond acceptors (Lipinski definition) is 7. The minimum absolute atomic E-state index is 0.0335. The van der Waals surface area contributed by atoms with E-state index in [0.29, 0.717) is 6.42 Å². The Bertz CT molecular complexity index is 951. The van der Waals surface area contributed by atoms with Crippen molar-refractivity contribution >= 4 is 21.6 Å². The van der Waals surface area contributed by atoms with Crippen LogP contribution in [0.3, 0.4) is 0 Å². The van der Waals surface area contributed by atoms with E-state index in [1.54, 1.807) is 0 Å². The number of nitro groups is 1. The van der Waals surface area contributed by atoms with Crippen LogP contribution in [0.25, 0.3) is 0 Å². The zero-order valence-corrected chi connectivity index (χ0v) is 16.9. The van der Waals surface area contributed by atoms with Crippen molar-refractivity contribution in [3.8, 4) is 0 Å². The summed E-state index contributed by atoms with van der Waals surface area (Å²) in [6.07, 6.45) is -0.773. The van der Waals surface area contributed by atoms with Gasteiger partial charge in [-0.15, -0.1) is 0 Å². The first-order chi connectivity index (χ1) is 14.2. The van der Waals surface area contributed by atoms with Gasteiger partial charge in [-0.3, -0.25) is 14.9 Å². The molecule has 0 saturated carbocycles. The van der Waals surface area contributed by atoms with Crippen LogP contribution in [-0.4, -0.2) is 49.6 Å². The minimum atomic E-state index is -3.82. The van der Waals surface area contributed by atoms with Crippen LogP contribution in [0.15, 0.2) is 59.5 Å². The Morgan fingerprint density at radius 3 is 2.33 bits per heavy atom. The summed E-state index contributed by atoms with van der Waals surface area (Å²) in [6.45, 7) is 0.169. The summed E-state index contributed by atoms with van der Waals surface area (Å²) >= 11 is 0. The van der Waals surface area contributed by atoms with E-state index in [1.807, 2.05) is 30.3 Å². The van der Waals surface area contributed by atoms with Gasteiger partial charge in [0.25, 0.3) is 5.69 Å². The van der Waals surface area contributed by atoms with Crippen molar-refractivity contribution in [2.45, 2.75) is 29.9 Å². The fourth-order valence-electron chi connectivity index (χ4n) is 2.63. The zero-order valence-electron chi connectivity index (χ0n) is 16.1. The highest BCUT2D eigenvalue weighted by molar-refractivity contribution is 7.89. The van der Waals surface area contributed by atoms with Gasteiger partial charge in [-0.25, -0.2) is 13.1 Å². The number of nitrogens with two attached hydrogens (primary N) is 1. The van der Waals surface area contributed by atoms with Crippen molar-refractivity contribution in [1.29, 1.82) is 0 Å². The number of nitrogens with zero attached hydrogens (tertiary/aromatic N) is 1. The van der Waals surface area contributed by atoms with Gasteiger partial charge in [0.1, 0.15) is 6.10 Å². The van der Waals surface area contributed by atoms with Gasteiger partial charge >= 0.3 is 0 Å². The number of carbonyl (C=O) groups excluding carboxylic acids is 1. The number of rotatable bonds is 11. The van der Waals surface area contributed by atoms with Crippen molar-refractivity contribution in [2.24, 2.45) is 5.73 Å². The van der Waals surface area contributed by atoms with E-state index in [9.17, 15) is 28.4 Å². The lowest BCUT2D eigenvalue weighted by Gasteiger charge is -2.18. The number of amides is 1. The molecule has 0 radical (unpaired) electrons. The molecule has 0 aliphatic rings. The fraction of sp³-hybridized carbons (Fsp3) is 0.316. The predicted octanol–water partition coefficient (Wildman–Crippen LogP) is 0.310. The standard InChI is InChI=1S/C19H24N4O6S/c20-17(13-14-5-2-1-3-6-14)18(24)19(25)21-11-4-12-22-30(28,29)16-9-7-15(8-10-16)23(26)27/h1-3,5-10,17-18,22,24H,4,11-13,20H2,(H,21,25). The van der Waals surface area contributed by atoms with Crippen molar-refractivity contribution < 1.29 is 23.2 Å². The molecule has 0 aliphatic carbocycles. The van der Waals surface area contributed by atoms with Crippen LogP contribution in [0, 0.1) is 10.1 Å². The first-order valence-corrected chi connectivity index (χ1v) is 10.7. The van der Waals surface area contributed by atoms with Crippen molar-refractivity contribution in [3.63, 3.8) is 0 Å². The molecule has 0 fully saturated rings. The van der Waals surface area contributed by atoms with Crippen LogP contribution in [-0.2, 0) is 21.2 Å². The van der Waals surface area contributed by atoms with Gasteiger partial charge in [-0.2, -0.15) is 0 Å². The van der Waals surface area contributed by atoms with Gasteiger partial charge in [-0.05, 0) is 30.5 Å². The van der Waals surface area contributed by atoms with Gasteiger partial charge in [0, 0.05) is 31.3 Å². The molecule has 2 rings (SSSR count). The lowest BCUT2D eigenvalue weighted by molar-refractivity contribution is -0.384. The molecule has 11 heteroatoms. The first-order valence-electron chi connectivity index (χ1n) is 9.20. The molecule has 2 unspecified atom stereocenters. The molecule has 0 aliphatic heterocycles. The van der Waals surface area contributed by atoms with E-state index < -0.39 is 33.0 Å². The van der Waals surface area contributed by atoms with E-state index >= 15 is 0 Å². The molecule has 0 saturated heterocycles. The molecule has 0 heterocycles. The number of aliphatic hydroxyl groups is 1. The Hall–Kier alpha value is -2.86. The molecule has 10 nitrogen and oxygen atoms in total. The lowest BCUT2D eigenvalue weighted by atomic mass is 10.0. The van der Waals surface area contributed by atoms with Crippen LogP contribution < -0.4 is 15.8 Å². The minimum Gasteiger partial charge on any atom is -0.382 e. The molecular weight excluding hydrogens is 412 g/mol. The molecule has 2 aromatic rings. The Morgan fingerprint density at radius 1 is 1.10 bits per heavy atom. The van der Waals surface area contributed by atoms with Gasteiger partial charge in [0.05, 0.1) is 9.82 Å². The number of non-ortho nitro benzene ring substituents is 1. The second-order valence-electron chi connectivity index (χ2n) is 6.59. The Morgan fingerprint density at radius 2 is 1.73 bits per heavy atom. The maximum Gasteiger partial charge on any atom is 0.269 e. The number of benzene rings is 2. The van der Waals surface area contributed by atoms with Gasteiger partial charge in [0.15, 0.2) is 0 Å². The highest BCUT2D eigenvalue weighted by Crippen LogP contribution is 2.15. The van der Waals surface area contributed by atoms with Crippen molar-refractivity contribution in [1.82, 2.24) is 10.0 Å². The predicted molar refractivity (Wildman–Crippen MR) is 110 cm³/mol. The van der Waals surface area contributed by atoms with E-state index in [0.717, 1.165) is 29.8 Å². The molecule has 0 spiro atoms. The molecule has 30 heavy (non-hydrogen) atoms. The van der Waals surface area contributed by atoms with Crippen LogP contribution in [0.4, 0.5) is 5.69 Å². The van der Waals surface area contributed by atoms with Gasteiger partial charge in [0.2, 0.25) is 15.9 Å². The summed E-state index contributed by atoms with van der Waals surface area (Å²) in [7, 11) is -3.82. The normalized spacial score (nSPS) is 13.4. The Balaban J connectivity index is 1.73. The van der Waals surface area contributed by atoms with Crippen molar-refractivity contribution in [2.75, 3.05) is 13.1 Å². The van der Waals surface area contributed by atoms with Crippen molar-refractivity contribution in [3.05, 3.63) is 70.3 Å². The SMILES string of the molecule is NC(Cc1ccccc1)C(O)C(=O)NCCCNS(=O)(=O)c1ccc([N+](=O)[O-])cc1. The molecule has 2 aromatic carbocycles. The Kier molecular flexibility index (Phi) is 8.42. The molecule has 1 amide bonds. The number of aliphatic hydroxyl groups excluding tert-OH is 1. The zero-order chi connectivity index (χ0) is 22.1. The molecule has 5 N–H and O–H groups in total. The largest absolute Gasteiger partial charge is 0.382 e. The van der Waals surface area contributed by atoms with E-state index in [1.165, 1.54) is 0 Å². The molecule has 162 valence electrons. The topological polar surface area (TPSA) is 165 Å². The summed E-state index contributed by atoms with van der Waals surface area (Å²) in [5.74, 6) is -0.628. The summed E-state index contributed by atoms with van der Waals surface area (Å²) in [4.78, 5) is 21.9. The lowest BCUT2D eigenvalue weighted by Crippen LogP contribution is -2.47. The number of hydrogen-bond donors (Lipinski definition) is 4. The highest BCUT2D eigenvalue weighted by Gasteiger charge is 2.22. The highest BCUT2D eigenvalue weighted by atomic mass is 32.2. The third-order valence-electron chi connectivity index (χ3n) is 4.29. The van der Waals surface area contributed by atoms with E-state index in [4.69, 9.17) is 5.73 Å². The van der Waals surface area contributed by atoms with Crippen LogP contribution in [0.2, 0.25) is 0 Å². The molecule has 2 atom stereocenters. The second kappa shape index (κ2) is 10.8. The van der Waals surface area contributed by atoms with Gasteiger partial charge in [-0.1, -0.05) is 30.3 Å². The molecule has 0 bridgehead atoms. The summed E-state index contributed by atoms with van der Waals surface area (Å²) in [6, 6.07) is 13.0. The maximum atomic E-state index is 12.2. The van der Waals surface area contributed by atoms with Crippen LogP contribution in [0.5, 0.6) is 0 Å². The molecular formula is C19H24N4O6S. The maximum absolute atomic E-state index is 12.2. The smallest absolute Gasteiger partial charge is 0.269 e. The third kappa shape index (κ3) is 6.88. The van der Waals surface area contributed by atoms with E-state index in [-0.39, 0.29) is 30.1 Å². The monoisotopic (exact) mass is 436 g/mol. The van der Waals surface area contributed by atoms with Gasteiger partial charge < -0.3 is 16.2 Å². The average Bonchev–Trinajstić information content (AvgIpc) is 2.73. The summed E-state index contributed by atoms with van der Waals surface area (Å²) in [5.41, 5.74) is 6.58. The number of sulfonamides is 1. The first kappa shape index (κ1) is 23.4. The quantitative estimate of drug-likeness (QED) is 0.223. The number of nitro benzene ring substituents is 1. The Labute approximate surface area is 174 Å². The molecule has 0 aromatic heterocycles. The third-order valence-corrected chi connectivity index (χ3v) is 5.77. The second-order valence-corrected chi connectivity index (χ2v) is 8.36. The number of carbonyl (C=O) groups is 1. The number of nitrogens with one attached hydrogen (secondary N) is 2. The average molecular weight is 436 g/mol. The van der Waals surface area contributed by atoms with Crippen LogP contribution >= 0.6 is 0 Å². The fourth-order valence-corrected chi connectivity index (χ4v) is 3.71. The summed E-state index contributed by atoms with van der Waals surface area (Å²) < 4.78 is 26.7.